The molecule has 2 amide bonds. The minimum absolute atomic E-state index is 0.0197. The van der Waals surface area contributed by atoms with Crippen molar-refractivity contribution >= 4 is 25.9 Å². The van der Waals surface area contributed by atoms with Crippen LogP contribution in [0.3, 0.4) is 0 Å². The first kappa shape index (κ1) is 25.8. The number of morpholine rings is 1. The second kappa shape index (κ2) is 11.2. The first-order chi connectivity index (χ1) is 17.4. The third-order valence-electron chi connectivity index (χ3n) is 6.68. The lowest BCUT2D eigenvalue weighted by Crippen LogP contribution is -2.59. The van der Waals surface area contributed by atoms with E-state index in [4.69, 9.17) is 17.3 Å². The van der Waals surface area contributed by atoms with Crippen LogP contribution in [0, 0.1) is 5.82 Å². The Bertz CT molecular complexity index is 1140. The molecule has 0 bridgehead atoms. The minimum atomic E-state index is -1.69. The highest BCUT2D eigenvalue weighted by molar-refractivity contribution is 6.30. The van der Waals surface area contributed by atoms with E-state index in [0.29, 0.717) is 48.5 Å². The van der Waals surface area contributed by atoms with Crippen LogP contribution in [0.15, 0.2) is 36.4 Å². The van der Waals surface area contributed by atoms with Gasteiger partial charge in [-0.2, -0.15) is 0 Å². The molecule has 2 radical (unpaired) electrons. The average Bonchev–Trinajstić information content (AvgIpc) is 3.24. The quantitative estimate of drug-likeness (QED) is 0.401. The molecule has 188 valence electrons. The van der Waals surface area contributed by atoms with Crippen molar-refractivity contribution < 1.29 is 28.2 Å². The molecule has 4 rings (SSSR count). The van der Waals surface area contributed by atoms with Gasteiger partial charge in [-0.3, -0.25) is 14.5 Å². The second-order valence-electron chi connectivity index (χ2n) is 8.99. The molecule has 2 heterocycles. The summed E-state index contributed by atoms with van der Waals surface area (Å²) in [7, 11) is 7.79. The molecule has 2 aromatic rings. The summed E-state index contributed by atoms with van der Waals surface area (Å²) in [6.07, 6.45) is 0.663. The number of nitrogens with one attached hydrogen (secondary N) is 1. The van der Waals surface area contributed by atoms with E-state index in [-0.39, 0.29) is 31.8 Å². The molecule has 1 atom stereocenters. The smallest absolute Gasteiger partial charge is 0.254 e. The van der Waals surface area contributed by atoms with Crippen molar-refractivity contribution in [2.75, 3.05) is 33.4 Å². The molecule has 2 aliphatic heterocycles. The molecule has 8 nitrogen and oxygen atoms in total. The molecule has 1 fully saturated rings. The fraction of sp³-hybridized carbons (Fsp3) is 0.423. The van der Waals surface area contributed by atoms with Gasteiger partial charge in [0, 0.05) is 49.8 Å². The molecule has 2 aromatic carbocycles. The van der Waals surface area contributed by atoms with E-state index >= 15 is 0 Å². The summed E-state index contributed by atoms with van der Waals surface area (Å²) >= 11 is 0. The zero-order valence-electron chi connectivity index (χ0n) is 20.3. The second-order valence-corrected chi connectivity index (χ2v) is 8.99. The van der Waals surface area contributed by atoms with Crippen molar-refractivity contribution in [2.24, 2.45) is 0 Å². The van der Waals surface area contributed by atoms with Gasteiger partial charge in [0.2, 0.25) is 5.91 Å². The molecule has 0 aromatic heterocycles. The van der Waals surface area contributed by atoms with Gasteiger partial charge in [0.1, 0.15) is 32.3 Å². The zero-order chi connectivity index (χ0) is 25.7. The summed E-state index contributed by atoms with van der Waals surface area (Å²) < 4.78 is 26.1. The number of amides is 2. The summed E-state index contributed by atoms with van der Waals surface area (Å²) in [6.45, 7) is 3.67. The number of fused-ring (bicyclic) bond motifs is 1. The first-order valence-corrected chi connectivity index (χ1v) is 12.0. The monoisotopic (exact) mass is 493 g/mol. The van der Waals surface area contributed by atoms with Gasteiger partial charge < -0.3 is 24.5 Å². The standard InChI is InChI=1S/C26H29BFN3O5/c1-29-25(34)26(27,8-3-11-32)31-16-21-20(24(31)33)4-2-5-23(21)36-17-19-7-6-18(14-22(19)28)15-30-9-12-35-13-10-30/h2,4-7,11,14H,3,8-10,12-13,15-17H2,1H3,(H,29,34). The van der Waals surface area contributed by atoms with Crippen molar-refractivity contribution in [1.82, 2.24) is 15.1 Å². The Kier molecular flexibility index (Phi) is 8.06. The van der Waals surface area contributed by atoms with Crippen molar-refractivity contribution in [3.63, 3.8) is 0 Å². The number of benzene rings is 2. The predicted molar refractivity (Wildman–Crippen MR) is 131 cm³/mol. The van der Waals surface area contributed by atoms with Crippen molar-refractivity contribution in [1.29, 1.82) is 0 Å². The van der Waals surface area contributed by atoms with E-state index in [1.165, 1.54) is 18.0 Å². The number of ether oxygens (including phenoxy) is 2. The highest BCUT2D eigenvalue weighted by Crippen LogP contribution is 2.36. The van der Waals surface area contributed by atoms with E-state index in [2.05, 4.69) is 10.2 Å². The molecular weight excluding hydrogens is 464 g/mol. The third-order valence-corrected chi connectivity index (χ3v) is 6.68. The average molecular weight is 493 g/mol. The first-order valence-electron chi connectivity index (χ1n) is 12.0. The summed E-state index contributed by atoms with van der Waals surface area (Å²) in [5, 5.41) is 2.48. The van der Waals surface area contributed by atoms with E-state index in [0.717, 1.165) is 18.7 Å². The summed E-state index contributed by atoms with van der Waals surface area (Å²) in [6, 6.07) is 10.1. The highest BCUT2D eigenvalue weighted by atomic mass is 19.1. The largest absolute Gasteiger partial charge is 0.488 e. The number of rotatable bonds is 10. The molecule has 2 aliphatic rings. The maximum Gasteiger partial charge on any atom is 0.254 e. The molecule has 1 N–H and O–H groups in total. The van der Waals surface area contributed by atoms with Gasteiger partial charge in [0.15, 0.2) is 0 Å². The molecule has 0 aliphatic carbocycles. The number of halogens is 1. The number of likely N-dealkylation sites (N-methyl/N-ethyl adjacent to an activating group) is 1. The van der Waals surface area contributed by atoms with Crippen LogP contribution in [0.25, 0.3) is 0 Å². The summed E-state index contributed by atoms with van der Waals surface area (Å²) in [5.74, 6) is -0.936. The molecule has 1 saturated heterocycles. The Labute approximate surface area is 211 Å². The van der Waals surface area contributed by atoms with Gasteiger partial charge >= 0.3 is 0 Å². The number of carbonyl (C=O) groups is 3. The van der Waals surface area contributed by atoms with Gasteiger partial charge in [0.25, 0.3) is 5.91 Å². The zero-order valence-corrected chi connectivity index (χ0v) is 20.3. The van der Waals surface area contributed by atoms with Crippen LogP contribution in [0.1, 0.15) is 39.9 Å². The van der Waals surface area contributed by atoms with E-state index in [1.54, 1.807) is 24.3 Å². The fourth-order valence-electron chi connectivity index (χ4n) is 4.61. The Hall–Kier alpha value is -3.24. The predicted octanol–water partition coefficient (Wildman–Crippen LogP) is 1.78. The summed E-state index contributed by atoms with van der Waals surface area (Å²) in [5.41, 5.74) is 0.508. The van der Waals surface area contributed by atoms with Gasteiger partial charge in [-0.1, -0.05) is 18.2 Å². The van der Waals surface area contributed by atoms with Crippen LogP contribution in [0.4, 0.5) is 4.39 Å². The van der Waals surface area contributed by atoms with Crippen molar-refractivity contribution in [3.05, 3.63) is 64.5 Å². The molecule has 0 saturated carbocycles. The Morgan fingerprint density at radius 1 is 1.28 bits per heavy atom. The lowest BCUT2D eigenvalue weighted by atomic mass is 9.71. The summed E-state index contributed by atoms with van der Waals surface area (Å²) in [4.78, 5) is 40.2. The number of hydrogen-bond donors (Lipinski definition) is 1. The van der Waals surface area contributed by atoms with Gasteiger partial charge in [-0.15, -0.1) is 0 Å². The Morgan fingerprint density at radius 2 is 2.06 bits per heavy atom. The van der Waals surface area contributed by atoms with E-state index in [9.17, 15) is 18.8 Å². The van der Waals surface area contributed by atoms with Crippen LogP contribution in [0.5, 0.6) is 5.75 Å². The Morgan fingerprint density at radius 3 is 2.75 bits per heavy atom. The minimum Gasteiger partial charge on any atom is -0.488 e. The lowest BCUT2D eigenvalue weighted by molar-refractivity contribution is -0.127. The normalized spacial score (nSPS) is 17.4. The maximum atomic E-state index is 14.8. The molecule has 10 heteroatoms. The number of nitrogens with zero attached hydrogens (tertiary/aromatic N) is 2. The SMILES string of the molecule is [B]C(CCC=O)(C(=O)NC)N1Cc2c(OCc3ccc(CN4CCOCC4)cc3F)cccc2C1=O. The number of carbonyl (C=O) groups excluding carboxylic acids is 3. The topological polar surface area (TPSA) is 88.2 Å². The Balaban J connectivity index is 1.48. The highest BCUT2D eigenvalue weighted by Gasteiger charge is 2.45. The maximum absolute atomic E-state index is 14.8. The molecule has 0 spiro atoms. The van der Waals surface area contributed by atoms with Crippen LogP contribution in [-0.2, 0) is 34.0 Å². The number of hydrogen-bond acceptors (Lipinski definition) is 6. The molecule has 36 heavy (non-hydrogen) atoms. The third kappa shape index (κ3) is 5.29. The number of aldehydes is 1. The van der Waals surface area contributed by atoms with Gasteiger partial charge in [-0.25, -0.2) is 4.39 Å². The molecular formula is C26H29BFN3O5. The van der Waals surface area contributed by atoms with Crippen LogP contribution < -0.4 is 10.1 Å². The van der Waals surface area contributed by atoms with E-state index in [1.807, 2.05) is 6.07 Å². The van der Waals surface area contributed by atoms with Crippen LogP contribution in [-0.4, -0.2) is 74.5 Å². The van der Waals surface area contributed by atoms with E-state index < -0.39 is 17.3 Å². The van der Waals surface area contributed by atoms with Crippen LogP contribution in [0.2, 0.25) is 0 Å². The van der Waals surface area contributed by atoms with Crippen LogP contribution >= 0.6 is 0 Å². The lowest BCUT2D eigenvalue weighted by Gasteiger charge is -2.37. The van der Waals surface area contributed by atoms with Gasteiger partial charge in [0.05, 0.1) is 25.2 Å². The van der Waals surface area contributed by atoms with Gasteiger partial charge in [-0.05, 0) is 30.2 Å². The van der Waals surface area contributed by atoms with Crippen molar-refractivity contribution in [2.45, 2.75) is 38.0 Å². The molecule has 1 unspecified atom stereocenters. The van der Waals surface area contributed by atoms with Crippen molar-refractivity contribution in [3.8, 4) is 5.75 Å². The fourth-order valence-corrected chi connectivity index (χ4v) is 4.61.